The Morgan fingerprint density at radius 2 is 1.62 bits per heavy atom. The standard InChI is InChI=1S/C23H29NO9S/c1-16-6-7-21-15-19(8-9-20(21)14-16)17(2)22(25)30-10-4-12-34(29)13-5-11-31-23(26)32-18(3)33-24(27)28/h6-9,14-15,17-18H,4-5,10-13H2,1-3H3/t17-,18?,34?/m0/s1. The van der Waals surface area contributed by atoms with E-state index in [-0.39, 0.29) is 24.9 Å². The van der Waals surface area contributed by atoms with Crippen molar-refractivity contribution in [2.45, 2.75) is 45.8 Å². The smallest absolute Gasteiger partial charge is 0.510 e. The van der Waals surface area contributed by atoms with Crippen molar-refractivity contribution in [1.29, 1.82) is 0 Å². The van der Waals surface area contributed by atoms with Crippen LogP contribution in [0, 0.1) is 17.0 Å². The number of fused-ring (bicyclic) bond motifs is 1. The highest BCUT2D eigenvalue weighted by atomic mass is 32.2. The van der Waals surface area contributed by atoms with E-state index in [4.69, 9.17) is 9.47 Å². The van der Waals surface area contributed by atoms with Crippen molar-refractivity contribution in [3.63, 3.8) is 0 Å². The minimum Gasteiger partial charge on any atom is -0.616 e. The molecule has 0 aliphatic rings. The van der Waals surface area contributed by atoms with Gasteiger partial charge < -0.3 is 18.8 Å². The van der Waals surface area contributed by atoms with Gasteiger partial charge in [-0.3, -0.25) is 9.63 Å². The van der Waals surface area contributed by atoms with Gasteiger partial charge in [-0.15, -0.1) is 10.1 Å². The third kappa shape index (κ3) is 9.44. The van der Waals surface area contributed by atoms with E-state index < -0.39 is 34.6 Å². The molecule has 186 valence electrons. The number of hydrogen-bond acceptors (Lipinski definition) is 9. The van der Waals surface area contributed by atoms with E-state index in [1.165, 1.54) is 12.5 Å². The first-order chi connectivity index (χ1) is 16.2. The van der Waals surface area contributed by atoms with Gasteiger partial charge in [0, 0.05) is 12.8 Å². The zero-order valence-electron chi connectivity index (χ0n) is 19.4. The number of nitrogens with zero attached hydrogens (tertiary/aromatic N) is 1. The van der Waals surface area contributed by atoms with Crippen LogP contribution in [0.3, 0.4) is 0 Å². The summed E-state index contributed by atoms with van der Waals surface area (Å²) in [5, 5.41) is 11.2. The van der Waals surface area contributed by atoms with E-state index in [1.54, 1.807) is 6.92 Å². The van der Waals surface area contributed by atoms with Gasteiger partial charge in [-0.25, -0.2) is 4.79 Å². The summed E-state index contributed by atoms with van der Waals surface area (Å²) in [6.45, 7) is 5.12. The van der Waals surface area contributed by atoms with E-state index in [0.29, 0.717) is 18.6 Å². The average molecular weight is 496 g/mol. The number of rotatable bonds is 13. The van der Waals surface area contributed by atoms with Crippen LogP contribution >= 0.6 is 0 Å². The first-order valence-electron chi connectivity index (χ1n) is 10.8. The number of benzene rings is 2. The fraction of sp³-hybridized carbons (Fsp3) is 0.478. The molecule has 0 heterocycles. The van der Waals surface area contributed by atoms with E-state index in [0.717, 1.165) is 16.3 Å². The third-order valence-corrected chi connectivity index (χ3v) is 6.36. The summed E-state index contributed by atoms with van der Waals surface area (Å²) in [5.41, 5.74) is 2.05. The van der Waals surface area contributed by atoms with E-state index >= 15 is 0 Å². The maximum atomic E-state index is 12.4. The first kappa shape index (κ1) is 27.2. The summed E-state index contributed by atoms with van der Waals surface area (Å²) in [5.74, 6) is -0.115. The molecule has 0 aliphatic heterocycles. The lowest BCUT2D eigenvalue weighted by Crippen LogP contribution is -2.22. The van der Waals surface area contributed by atoms with Gasteiger partial charge in [-0.1, -0.05) is 53.1 Å². The van der Waals surface area contributed by atoms with Crippen LogP contribution in [0.1, 0.15) is 43.7 Å². The molecule has 0 amide bonds. The van der Waals surface area contributed by atoms with Crippen molar-refractivity contribution < 1.29 is 38.3 Å². The summed E-state index contributed by atoms with van der Waals surface area (Å²) >= 11 is -1.17. The molecule has 3 atom stereocenters. The summed E-state index contributed by atoms with van der Waals surface area (Å²) in [6.07, 6.45) is -1.72. The molecule has 0 bridgehead atoms. The molecule has 0 N–H and O–H groups in total. The number of carbonyl (C=O) groups is 2. The Kier molecular flexibility index (Phi) is 10.9. The maximum absolute atomic E-state index is 12.4. The van der Waals surface area contributed by atoms with Crippen LogP contribution in [0.5, 0.6) is 0 Å². The van der Waals surface area contributed by atoms with Crippen molar-refractivity contribution in [1.82, 2.24) is 0 Å². The van der Waals surface area contributed by atoms with Crippen molar-refractivity contribution in [2.24, 2.45) is 0 Å². The van der Waals surface area contributed by atoms with Crippen LogP contribution < -0.4 is 0 Å². The minimum atomic E-state index is -1.38. The molecule has 0 aliphatic carbocycles. The topological polar surface area (TPSA) is 137 Å². The van der Waals surface area contributed by atoms with E-state index in [2.05, 4.69) is 15.6 Å². The van der Waals surface area contributed by atoms with Crippen molar-refractivity contribution >= 4 is 34.1 Å². The second kappa shape index (κ2) is 13.6. The fourth-order valence-corrected chi connectivity index (χ4v) is 4.18. The molecule has 0 saturated carbocycles. The highest BCUT2D eigenvalue weighted by molar-refractivity contribution is 7.91. The van der Waals surface area contributed by atoms with Crippen LogP contribution in [0.2, 0.25) is 0 Å². The molecule has 10 nitrogen and oxygen atoms in total. The summed E-state index contributed by atoms with van der Waals surface area (Å²) in [4.78, 5) is 37.8. The number of aryl methyl sites for hydroxylation is 1. The van der Waals surface area contributed by atoms with E-state index in [1.807, 2.05) is 37.3 Å². The number of hydrogen-bond donors (Lipinski definition) is 0. The van der Waals surface area contributed by atoms with Gasteiger partial charge >= 0.3 is 12.1 Å². The summed E-state index contributed by atoms with van der Waals surface area (Å²) in [7, 11) is 0. The predicted molar refractivity (Wildman–Crippen MR) is 125 cm³/mol. The van der Waals surface area contributed by atoms with Crippen molar-refractivity contribution in [3.05, 3.63) is 57.6 Å². The molecule has 0 fully saturated rings. The largest absolute Gasteiger partial charge is 0.616 e. The molecule has 0 aromatic heterocycles. The molecular weight excluding hydrogens is 466 g/mol. The Labute approximate surface area is 200 Å². The van der Waals surface area contributed by atoms with Crippen LogP contribution in [0.4, 0.5) is 4.79 Å². The van der Waals surface area contributed by atoms with Gasteiger partial charge in [0.25, 0.3) is 5.09 Å². The summed E-state index contributed by atoms with van der Waals surface area (Å²) in [6, 6.07) is 12.1. The van der Waals surface area contributed by atoms with Crippen LogP contribution in [0.15, 0.2) is 36.4 Å². The number of esters is 1. The third-order valence-electron chi connectivity index (χ3n) is 4.87. The summed E-state index contributed by atoms with van der Waals surface area (Å²) < 4.78 is 26.6. The second-order valence-electron chi connectivity index (χ2n) is 7.67. The SMILES string of the molecule is Cc1ccc2cc([C@H](C)C(=O)OCCC[S+]([O-])CCCOC(=O)OC(C)O[N+](=O)[O-])ccc2c1. The van der Waals surface area contributed by atoms with E-state index in [9.17, 15) is 24.3 Å². The Balaban J connectivity index is 1.60. The molecule has 2 unspecified atom stereocenters. The predicted octanol–water partition coefficient (Wildman–Crippen LogP) is 4.03. The Morgan fingerprint density at radius 1 is 1.00 bits per heavy atom. The zero-order chi connectivity index (χ0) is 25.1. The monoisotopic (exact) mass is 495 g/mol. The first-order valence-corrected chi connectivity index (χ1v) is 12.3. The normalized spacial score (nSPS) is 13.5. The van der Waals surface area contributed by atoms with Crippen molar-refractivity contribution in [3.8, 4) is 0 Å². The van der Waals surface area contributed by atoms with Crippen LogP contribution in [-0.4, -0.2) is 52.8 Å². The van der Waals surface area contributed by atoms with Crippen LogP contribution in [-0.2, 0) is 35.0 Å². The highest BCUT2D eigenvalue weighted by Gasteiger charge is 2.18. The lowest BCUT2D eigenvalue weighted by atomic mass is 9.97. The van der Waals surface area contributed by atoms with Gasteiger partial charge in [0.1, 0.15) is 11.5 Å². The molecule has 2 aromatic carbocycles. The zero-order valence-corrected chi connectivity index (χ0v) is 20.2. The van der Waals surface area contributed by atoms with Crippen LogP contribution in [0.25, 0.3) is 10.8 Å². The molecule has 0 saturated heterocycles. The fourth-order valence-electron chi connectivity index (χ4n) is 3.10. The van der Waals surface area contributed by atoms with Crippen molar-refractivity contribution in [2.75, 3.05) is 24.7 Å². The highest BCUT2D eigenvalue weighted by Crippen LogP contribution is 2.23. The number of ether oxygens (including phenoxy) is 3. The average Bonchev–Trinajstić information content (AvgIpc) is 2.78. The van der Waals surface area contributed by atoms with Gasteiger partial charge in [0.2, 0.25) is 6.29 Å². The lowest BCUT2D eigenvalue weighted by Gasteiger charge is -2.14. The quantitative estimate of drug-likeness (QED) is 0.101. The lowest BCUT2D eigenvalue weighted by molar-refractivity contribution is -0.777. The molecule has 2 aromatic rings. The Morgan fingerprint density at radius 3 is 2.29 bits per heavy atom. The number of carbonyl (C=O) groups excluding carboxylic acids is 2. The van der Waals surface area contributed by atoms with Gasteiger partial charge in [0.15, 0.2) is 0 Å². The molecule has 0 spiro atoms. The molecule has 11 heteroatoms. The van der Waals surface area contributed by atoms with Gasteiger partial charge in [-0.05, 0) is 37.1 Å². The maximum Gasteiger partial charge on any atom is 0.510 e. The van der Waals surface area contributed by atoms with Gasteiger partial charge in [-0.2, -0.15) is 0 Å². The Hall–Kier alpha value is -3.05. The molecule has 34 heavy (non-hydrogen) atoms. The minimum absolute atomic E-state index is 0.0480. The molecular formula is C23H29NO9S. The molecule has 0 radical (unpaired) electrons. The molecule has 2 rings (SSSR count). The van der Waals surface area contributed by atoms with Gasteiger partial charge in [0.05, 0.1) is 19.1 Å². The Bertz CT molecular complexity index is 984. The second-order valence-corrected chi connectivity index (χ2v) is 9.36.